The molecule has 0 bridgehead atoms. The fraction of sp³-hybridized carbons (Fsp3) is 0.300. The first kappa shape index (κ1) is 17.8. The maximum absolute atomic E-state index is 11.1. The van der Waals surface area contributed by atoms with Crippen LogP contribution < -0.4 is 10.1 Å². The summed E-state index contributed by atoms with van der Waals surface area (Å²) < 4.78 is 5.71. The quantitative estimate of drug-likeness (QED) is 0.702. The molecule has 1 aliphatic heterocycles. The van der Waals surface area contributed by atoms with E-state index in [4.69, 9.17) is 14.7 Å². The van der Waals surface area contributed by atoms with E-state index in [9.17, 15) is 4.79 Å². The van der Waals surface area contributed by atoms with Gasteiger partial charge in [-0.05, 0) is 42.8 Å². The van der Waals surface area contributed by atoms with Crippen molar-refractivity contribution in [2.45, 2.75) is 32.4 Å². The van der Waals surface area contributed by atoms with Crippen LogP contribution in [0.25, 0.3) is 0 Å². The van der Waals surface area contributed by atoms with Crippen LogP contribution in [0.2, 0.25) is 0 Å². The van der Waals surface area contributed by atoms with Gasteiger partial charge in [0.05, 0.1) is 12.2 Å². The average Bonchev–Trinajstić information content (AvgIpc) is 3.16. The van der Waals surface area contributed by atoms with E-state index in [0.717, 1.165) is 24.3 Å². The second kappa shape index (κ2) is 8.38. The van der Waals surface area contributed by atoms with Crippen LogP contribution in [0.15, 0.2) is 53.7 Å². The highest BCUT2D eigenvalue weighted by Crippen LogP contribution is 2.23. The summed E-state index contributed by atoms with van der Waals surface area (Å²) in [6.45, 7) is 2.89. The summed E-state index contributed by atoms with van der Waals surface area (Å²) >= 11 is 0. The van der Waals surface area contributed by atoms with Crippen molar-refractivity contribution in [3.8, 4) is 5.75 Å². The molecule has 6 nitrogen and oxygen atoms in total. The molecule has 0 fully saturated rings. The third-order valence-electron chi connectivity index (χ3n) is 4.10. The first-order chi connectivity index (χ1) is 12.7. The standard InChI is InChI=1S/C20H22N2O4/c1-2-3-4-12-25-17-10-8-14(9-11-17)19-21-18(22-26-19)15-6-5-7-16(13-15)20(23)24/h5-11,13,19H,2-4,12H2,1H3,(H,21,22)(H,23,24). The highest BCUT2D eigenvalue weighted by Gasteiger charge is 2.23. The highest BCUT2D eigenvalue weighted by atomic mass is 16.7. The summed E-state index contributed by atoms with van der Waals surface area (Å²) in [6, 6.07) is 14.3. The summed E-state index contributed by atoms with van der Waals surface area (Å²) in [4.78, 5) is 16.5. The van der Waals surface area contributed by atoms with Crippen LogP contribution in [0.4, 0.5) is 0 Å². The van der Waals surface area contributed by atoms with E-state index >= 15 is 0 Å². The summed E-state index contributed by atoms with van der Waals surface area (Å²) in [7, 11) is 0. The summed E-state index contributed by atoms with van der Waals surface area (Å²) in [6.07, 6.45) is 2.98. The van der Waals surface area contributed by atoms with Gasteiger partial charge >= 0.3 is 5.97 Å². The minimum atomic E-state index is -0.975. The molecular weight excluding hydrogens is 332 g/mol. The van der Waals surface area contributed by atoms with Crippen LogP contribution in [0.1, 0.15) is 53.9 Å². The van der Waals surface area contributed by atoms with E-state index in [2.05, 4.69) is 17.4 Å². The molecular formula is C20H22N2O4. The Kier molecular flexibility index (Phi) is 5.73. The van der Waals surface area contributed by atoms with Crippen LogP contribution in [0, 0.1) is 0 Å². The Hall–Kier alpha value is -3.02. The summed E-state index contributed by atoms with van der Waals surface area (Å²) in [5.41, 5.74) is 1.79. The van der Waals surface area contributed by atoms with E-state index in [0.29, 0.717) is 11.4 Å². The number of rotatable bonds is 8. The normalized spacial score (nSPS) is 15.7. The molecule has 0 aromatic heterocycles. The van der Waals surface area contributed by atoms with E-state index < -0.39 is 12.2 Å². The Morgan fingerprint density at radius 3 is 2.77 bits per heavy atom. The van der Waals surface area contributed by atoms with Crippen molar-refractivity contribution in [1.82, 2.24) is 5.32 Å². The number of benzene rings is 2. The minimum Gasteiger partial charge on any atom is -0.494 e. The van der Waals surface area contributed by atoms with Gasteiger partial charge in [-0.25, -0.2) is 4.79 Å². The molecule has 0 saturated carbocycles. The number of carboxylic acids is 1. The smallest absolute Gasteiger partial charge is 0.335 e. The molecule has 6 heteroatoms. The highest BCUT2D eigenvalue weighted by molar-refractivity contribution is 6.01. The lowest BCUT2D eigenvalue weighted by Crippen LogP contribution is -2.23. The van der Waals surface area contributed by atoms with Crippen molar-refractivity contribution in [3.63, 3.8) is 0 Å². The van der Waals surface area contributed by atoms with Crippen molar-refractivity contribution in [3.05, 3.63) is 65.2 Å². The molecule has 26 heavy (non-hydrogen) atoms. The van der Waals surface area contributed by atoms with Gasteiger partial charge in [0.15, 0.2) is 5.84 Å². The third-order valence-corrected chi connectivity index (χ3v) is 4.10. The fourth-order valence-corrected chi connectivity index (χ4v) is 2.64. The van der Waals surface area contributed by atoms with Crippen molar-refractivity contribution in [1.29, 1.82) is 0 Å². The molecule has 3 rings (SSSR count). The molecule has 1 atom stereocenters. The molecule has 2 N–H and O–H groups in total. The van der Waals surface area contributed by atoms with Crippen LogP contribution in [-0.4, -0.2) is 23.5 Å². The molecule has 0 radical (unpaired) electrons. The average molecular weight is 354 g/mol. The first-order valence-electron chi connectivity index (χ1n) is 8.74. The number of ether oxygens (including phenoxy) is 1. The predicted octanol–water partition coefficient (Wildman–Crippen LogP) is 3.93. The van der Waals surface area contributed by atoms with Gasteiger partial charge in [-0.3, -0.25) is 0 Å². The number of aromatic carboxylic acids is 1. The molecule has 2 aromatic rings. The minimum absolute atomic E-state index is 0.208. The Morgan fingerprint density at radius 2 is 2.04 bits per heavy atom. The molecule has 0 saturated heterocycles. The lowest BCUT2D eigenvalue weighted by Gasteiger charge is -2.12. The molecule has 0 spiro atoms. The van der Waals surface area contributed by atoms with Crippen molar-refractivity contribution < 1.29 is 19.5 Å². The summed E-state index contributed by atoms with van der Waals surface area (Å²) in [5.74, 6) is 0.369. The molecule has 1 unspecified atom stereocenters. The van der Waals surface area contributed by atoms with Gasteiger partial charge in [-0.1, -0.05) is 37.1 Å². The van der Waals surface area contributed by atoms with E-state index in [1.54, 1.807) is 24.3 Å². The Bertz CT molecular complexity index is 787. The number of unbranched alkanes of at least 4 members (excludes halogenated alkanes) is 2. The maximum Gasteiger partial charge on any atom is 0.335 e. The summed E-state index contributed by atoms with van der Waals surface area (Å²) in [5, 5.41) is 16.3. The zero-order valence-electron chi connectivity index (χ0n) is 14.6. The number of nitrogens with zero attached hydrogens (tertiary/aromatic N) is 1. The number of hydrogen-bond acceptors (Lipinski definition) is 5. The second-order valence-electron chi connectivity index (χ2n) is 6.08. The van der Waals surface area contributed by atoms with E-state index in [-0.39, 0.29) is 5.56 Å². The first-order valence-corrected chi connectivity index (χ1v) is 8.74. The number of oxime groups is 1. The van der Waals surface area contributed by atoms with Gasteiger partial charge < -0.3 is 20.0 Å². The monoisotopic (exact) mass is 354 g/mol. The predicted molar refractivity (Wildman–Crippen MR) is 98.4 cm³/mol. The largest absolute Gasteiger partial charge is 0.494 e. The van der Waals surface area contributed by atoms with Gasteiger partial charge in [0.2, 0.25) is 6.23 Å². The van der Waals surface area contributed by atoms with Gasteiger partial charge in [0.1, 0.15) is 5.75 Å². The molecule has 2 aromatic carbocycles. The Labute approximate surface area is 152 Å². The van der Waals surface area contributed by atoms with Crippen molar-refractivity contribution >= 4 is 11.8 Å². The van der Waals surface area contributed by atoms with Gasteiger partial charge in [-0.2, -0.15) is 0 Å². The molecule has 1 aliphatic rings. The van der Waals surface area contributed by atoms with Gasteiger partial charge in [-0.15, -0.1) is 0 Å². The van der Waals surface area contributed by atoms with Crippen LogP contribution >= 0.6 is 0 Å². The molecule has 0 amide bonds. The SMILES string of the molecule is CCCCCOc1ccc(C2NC(c3cccc(C(=O)O)c3)=NO2)cc1. The number of hydrogen-bond donors (Lipinski definition) is 2. The third kappa shape index (κ3) is 4.33. The molecule has 1 heterocycles. The maximum atomic E-state index is 11.1. The van der Waals surface area contributed by atoms with Crippen LogP contribution in [0.3, 0.4) is 0 Å². The molecule has 136 valence electrons. The van der Waals surface area contributed by atoms with Crippen LogP contribution in [0.5, 0.6) is 5.75 Å². The van der Waals surface area contributed by atoms with Crippen molar-refractivity contribution in [2.75, 3.05) is 6.61 Å². The van der Waals surface area contributed by atoms with E-state index in [1.165, 1.54) is 12.8 Å². The van der Waals surface area contributed by atoms with Crippen LogP contribution in [-0.2, 0) is 4.84 Å². The number of carboxylic acid groups (broad SMARTS) is 1. The van der Waals surface area contributed by atoms with E-state index in [1.807, 2.05) is 24.3 Å². The zero-order chi connectivity index (χ0) is 18.4. The fourth-order valence-electron chi connectivity index (χ4n) is 2.64. The lowest BCUT2D eigenvalue weighted by molar-refractivity contribution is 0.0696. The molecule has 0 aliphatic carbocycles. The van der Waals surface area contributed by atoms with Gasteiger partial charge in [0.25, 0.3) is 0 Å². The zero-order valence-corrected chi connectivity index (χ0v) is 14.6. The Balaban J connectivity index is 1.59. The lowest BCUT2D eigenvalue weighted by atomic mass is 10.1. The Morgan fingerprint density at radius 1 is 1.23 bits per heavy atom. The topological polar surface area (TPSA) is 80.2 Å². The number of nitrogens with one attached hydrogen (secondary N) is 1. The van der Waals surface area contributed by atoms with Gasteiger partial charge in [0, 0.05) is 11.1 Å². The second-order valence-corrected chi connectivity index (χ2v) is 6.08. The number of carbonyl (C=O) groups is 1. The van der Waals surface area contributed by atoms with Crippen molar-refractivity contribution in [2.24, 2.45) is 5.16 Å². The number of amidine groups is 1.